The summed E-state index contributed by atoms with van der Waals surface area (Å²) in [5, 5.41) is 2.65. The largest absolute Gasteiger partial charge is 0.351 e. The van der Waals surface area contributed by atoms with Gasteiger partial charge in [0.05, 0.1) is 11.8 Å². The number of pyridine rings is 1. The molecule has 2 heterocycles. The molecule has 0 unspecified atom stereocenters. The normalized spacial score (nSPS) is 10.3. The number of nitrogens with one attached hydrogen (secondary N) is 1. The molecule has 0 aliphatic rings. The summed E-state index contributed by atoms with van der Waals surface area (Å²) >= 11 is 0. The molecule has 5 nitrogen and oxygen atoms in total. The molecule has 0 saturated carbocycles. The number of aryl methyl sites for hydroxylation is 1. The van der Waals surface area contributed by atoms with Crippen LogP contribution >= 0.6 is 0 Å². The van der Waals surface area contributed by atoms with Crippen molar-refractivity contribution < 1.29 is 9.18 Å². The van der Waals surface area contributed by atoms with E-state index in [9.17, 15) is 9.18 Å². The van der Waals surface area contributed by atoms with Crippen LogP contribution in [0.25, 0.3) is 0 Å². The van der Waals surface area contributed by atoms with Crippen LogP contribution in [-0.4, -0.2) is 27.0 Å². The third kappa shape index (κ3) is 2.71. The van der Waals surface area contributed by atoms with Crippen molar-refractivity contribution in [2.24, 2.45) is 7.05 Å². The average molecular weight is 248 g/mol. The molecule has 0 bridgehead atoms. The van der Waals surface area contributed by atoms with Crippen LogP contribution in [0.3, 0.4) is 0 Å². The first-order valence-corrected chi connectivity index (χ1v) is 5.52. The van der Waals surface area contributed by atoms with Crippen molar-refractivity contribution in [1.29, 1.82) is 0 Å². The highest BCUT2D eigenvalue weighted by Gasteiger charge is 2.10. The lowest BCUT2D eigenvalue weighted by molar-refractivity contribution is 0.0949. The fourth-order valence-electron chi connectivity index (χ4n) is 1.58. The number of hydrogen-bond acceptors (Lipinski definition) is 3. The van der Waals surface area contributed by atoms with Crippen molar-refractivity contribution in [3.05, 3.63) is 48.1 Å². The molecule has 2 aromatic heterocycles. The molecule has 0 spiro atoms. The zero-order chi connectivity index (χ0) is 13.0. The Labute approximate surface area is 104 Å². The van der Waals surface area contributed by atoms with Crippen molar-refractivity contribution in [2.45, 2.75) is 6.42 Å². The number of aromatic nitrogens is 3. The zero-order valence-electron chi connectivity index (χ0n) is 9.93. The van der Waals surface area contributed by atoms with E-state index >= 15 is 0 Å². The van der Waals surface area contributed by atoms with Gasteiger partial charge in [0.1, 0.15) is 5.82 Å². The second-order valence-corrected chi connectivity index (χ2v) is 3.82. The van der Waals surface area contributed by atoms with E-state index in [4.69, 9.17) is 0 Å². The maximum Gasteiger partial charge on any atom is 0.254 e. The van der Waals surface area contributed by atoms with Gasteiger partial charge in [-0.25, -0.2) is 9.37 Å². The first-order valence-electron chi connectivity index (χ1n) is 5.52. The molecule has 0 fully saturated rings. The third-order valence-electron chi connectivity index (χ3n) is 2.57. The van der Waals surface area contributed by atoms with E-state index in [1.807, 2.05) is 17.8 Å². The Bertz CT molecular complexity index is 553. The molecule has 0 atom stereocenters. The Hall–Kier alpha value is -2.24. The van der Waals surface area contributed by atoms with Crippen LogP contribution in [-0.2, 0) is 13.5 Å². The molecular weight excluding hydrogens is 235 g/mol. The van der Waals surface area contributed by atoms with Crippen molar-refractivity contribution >= 4 is 5.91 Å². The Morgan fingerprint density at radius 2 is 2.33 bits per heavy atom. The van der Waals surface area contributed by atoms with Gasteiger partial charge in [-0.05, 0) is 6.07 Å². The van der Waals surface area contributed by atoms with Gasteiger partial charge in [0, 0.05) is 38.6 Å². The summed E-state index contributed by atoms with van der Waals surface area (Å²) in [6.07, 6.45) is 6.53. The van der Waals surface area contributed by atoms with E-state index in [1.54, 1.807) is 6.20 Å². The minimum Gasteiger partial charge on any atom is -0.351 e. The van der Waals surface area contributed by atoms with Crippen LogP contribution in [0.1, 0.15) is 16.2 Å². The minimum atomic E-state index is -0.619. The van der Waals surface area contributed by atoms with E-state index in [0.717, 1.165) is 12.0 Å². The molecule has 94 valence electrons. The van der Waals surface area contributed by atoms with Gasteiger partial charge in [0.25, 0.3) is 5.91 Å². The van der Waals surface area contributed by atoms with Gasteiger partial charge >= 0.3 is 0 Å². The first kappa shape index (κ1) is 12.2. The second-order valence-electron chi connectivity index (χ2n) is 3.82. The quantitative estimate of drug-likeness (QED) is 0.875. The van der Waals surface area contributed by atoms with E-state index < -0.39 is 11.7 Å². The Morgan fingerprint density at radius 3 is 3.00 bits per heavy atom. The number of carbonyl (C=O) groups is 1. The van der Waals surface area contributed by atoms with Gasteiger partial charge in [-0.3, -0.25) is 9.78 Å². The number of carbonyl (C=O) groups excluding carboxylic acids is 1. The number of imidazole rings is 1. The fourth-order valence-corrected chi connectivity index (χ4v) is 1.58. The van der Waals surface area contributed by atoms with E-state index in [0.29, 0.717) is 13.0 Å². The van der Waals surface area contributed by atoms with Crippen LogP contribution < -0.4 is 5.32 Å². The topological polar surface area (TPSA) is 59.8 Å². The molecule has 0 radical (unpaired) electrons. The molecule has 0 aliphatic carbocycles. The lowest BCUT2D eigenvalue weighted by Crippen LogP contribution is -2.27. The Balaban J connectivity index is 1.90. The van der Waals surface area contributed by atoms with Crippen molar-refractivity contribution in [3.8, 4) is 0 Å². The molecule has 2 rings (SSSR count). The summed E-state index contributed by atoms with van der Waals surface area (Å²) in [5.74, 6) is -0.193. The zero-order valence-corrected chi connectivity index (χ0v) is 9.93. The number of halogens is 1. The van der Waals surface area contributed by atoms with Gasteiger partial charge in [-0.15, -0.1) is 0 Å². The van der Waals surface area contributed by atoms with Crippen molar-refractivity contribution in [2.75, 3.05) is 6.54 Å². The molecule has 0 aromatic carbocycles. The highest BCUT2D eigenvalue weighted by atomic mass is 19.1. The van der Waals surface area contributed by atoms with Gasteiger partial charge in [-0.1, -0.05) is 0 Å². The van der Waals surface area contributed by atoms with Crippen LogP contribution in [0.2, 0.25) is 0 Å². The maximum absolute atomic E-state index is 13.3. The van der Waals surface area contributed by atoms with Crippen LogP contribution in [0.5, 0.6) is 0 Å². The molecule has 6 heteroatoms. The fraction of sp³-hybridized carbons (Fsp3) is 0.250. The van der Waals surface area contributed by atoms with E-state index in [-0.39, 0.29) is 5.56 Å². The molecule has 0 aliphatic heterocycles. The Morgan fingerprint density at radius 1 is 1.50 bits per heavy atom. The molecule has 1 amide bonds. The summed E-state index contributed by atoms with van der Waals surface area (Å²) in [5.41, 5.74) is 0.00448. The first-order chi connectivity index (χ1) is 8.68. The molecule has 0 saturated heterocycles. The van der Waals surface area contributed by atoms with Gasteiger partial charge < -0.3 is 9.88 Å². The smallest absolute Gasteiger partial charge is 0.254 e. The van der Waals surface area contributed by atoms with Crippen LogP contribution in [0, 0.1) is 5.82 Å². The predicted octanol–water partition coefficient (Wildman–Crippen LogP) is 0.927. The second kappa shape index (κ2) is 5.39. The van der Waals surface area contributed by atoms with Crippen molar-refractivity contribution in [3.63, 3.8) is 0 Å². The summed E-state index contributed by atoms with van der Waals surface area (Å²) in [6.45, 7) is 0.408. The third-order valence-corrected chi connectivity index (χ3v) is 2.57. The highest BCUT2D eigenvalue weighted by molar-refractivity contribution is 5.94. The summed E-state index contributed by atoms with van der Waals surface area (Å²) < 4.78 is 15.1. The standard InChI is InChI=1S/C12H13FN4O/c1-17-7-6-15-11(17)3-5-16-12(18)9-2-4-14-8-10(9)13/h2,4,6-8H,3,5H2,1H3,(H,16,18). The summed E-state index contributed by atoms with van der Waals surface area (Å²) in [7, 11) is 1.88. The van der Waals surface area contributed by atoms with E-state index in [2.05, 4.69) is 15.3 Å². The molecule has 2 aromatic rings. The highest BCUT2D eigenvalue weighted by Crippen LogP contribution is 2.03. The van der Waals surface area contributed by atoms with Crippen molar-refractivity contribution in [1.82, 2.24) is 19.9 Å². The Kier molecular flexibility index (Phi) is 3.66. The number of rotatable bonds is 4. The van der Waals surface area contributed by atoms with Gasteiger partial charge in [0.15, 0.2) is 5.82 Å². The molecule has 18 heavy (non-hydrogen) atoms. The van der Waals surface area contributed by atoms with Gasteiger partial charge in [0.2, 0.25) is 0 Å². The summed E-state index contributed by atoms with van der Waals surface area (Å²) in [4.78, 5) is 19.4. The number of amides is 1. The summed E-state index contributed by atoms with van der Waals surface area (Å²) in [6, 6.07) is 1.35. The number of hydrogen-bond donors (Lipinski definition) is 1. The number of nitrogens with zero attached hydrogens (tertiary/aromatic N) is 3. The van der Waals surface area contributed by atoms with E-state index in [1.165, 1.54) is 12.3 Å². The monoisotopic (exact) mass is 248 g/mol. The van der Waals surface area contributed by atoms with Gasteiger partial charge in [-0.2, -0.15) is 0 Å². The van der Waals surface area contributed by atoms with Crippen LogP contribution in [0.4, 0.5) is 4.39 Å². The molecular formula is C12H13FN4O. The average Bonchev–Trinajstić information content (AvgIpc) is 2.75. The minimum absolute atomic E-state index is 0.00448. The lowest BCUT2D eigenvalue weighted by Gasteiger charge is -2.05. The predicted molar refractivity (Wildman–Crippen MR) is 63.4 cm³/mol. The lowest BCUT2D eigenvalue weighted by atomic mass is 10.2. The van der Waals surface area contributed by atoms with Crippen LogP contribution in [0.15, 0.2) is 30.9 Å². The molecule has 1 N–H and O–H groups in total. The SMILES string of the molecule is Cn1ccnc1CCNC(=O)c1ccncc1F. The maximum atomic E-state index is 13.3.